The molecular weight excluding hydrogens is 276 g/mol. The number of hydrogen-bond donors (Lipinski definition) is 0. The van der Waals surface area contributed by atoms with E-state index in [-0.39, 0.29) is 0 Å². The van der Waals surface area contributed by atoms with Crippen LogP contribution in [-0.2, 0) is 0 Å². The van der Waals surface area contributed by atoms with E-state index >= 15 is 0 Å². The van der Waals surface area contributed by atoms with Crippen LogP contribution in [0, 0.1) is 5.92 Å². The quantitative estimate of drug-likeness (QED) is 0.431. The first-order valence-electron chi connectivity index (χ1n) is 8.38. The molecule has 0 bridgehead atoms. The molecule has 0 nitrogen and oxygen atoms in total. The molecule has 0 heteroatoms. The minimum Gasteiger partial charge on any atom is -0.0723 e. The van der Waals surface area contributed by atoms with E-state index in [0.717, 1.165) is 0 Å². The molecule has 0 aliphatic heterocycles. The highest BCUT2D eigenvalue weighted by molar-refractivity contribution is 6.01. The molecule has 1 saturated carbocycles. The van der Waals surface area contributed by atoms with Gasteiger partial charge in [-0.3, -0.25) is 0 Å². The van der Waals surface area contributed by atoms with Crippen molar-refractivity contribution in [1.82, 2.24) is 0 Å². The molecule has 0 aromatic heterocycles. The highest BCUT2D eigenvalue weighted by atomic mass is 14.4. The molecule has 0 heterocycles. The fourth-order valence-electron chi connectivity index (χ4n) is 3.93. The molecule has 0 saturated heterocycles. The molecule has 2 atom stereocenters. The van der Waals surface area contributed by atoms with Crippen molar-refractivity contribution in [2.24, 2.45) is 5.92 Å². The zero-order chi connectivity index (χ0) is 15.2. The molecule has 0 amide bonds. The third kappa shape index (κ3) is 2.06. The molecule has 5 rings (SSSR count). The first kappa shape index (κ1) is 12.9. The van der Waals surface area contributed by atoms with Crippen LogP contribution in [0.15, 0.2) is 84.9 Å². The maximum absolute atomic E-state index is 2.52. The monoisotopic (exact) mass is 294 g/mol. The smallest absolute Gasteiger partial charge is 0.00926 e. The number of hydrogen-bond acceptors (Lipinski definition) is 0. The lowest BCUT2D eigenvalue weighted by Crippen LogP contribution is -1.85. The number of rotatable bonds is 2. The van der Waals surface area contributed by atoms with Gasteiger partial charge in [-0.25, -0.2) is 0 Å². The molecule has 0 radical (unpaired) electrons. The van der Waals surface area contributed by atoms with Gasteiger partial charge in [0.1, 0.15) is 0 Å². The lowest BCUT2D eigenvalue weighted by molar-refractivity contribution is 1.01. The highest BCUT2D eigenvalue weighted by Crippen LogP contribution is 2.52. The van der Waals surface area contributed by atoms with Gasteiger partial charge in [-0.2, -0.15) is 0 Å². The van der Waals surface area contributed by atoms with Gasteiger partial charge in [0, 0.05) is 0 Å². The van der Waals surface area contributed by atoms with Crippen LogP contribution in [-0.4, -0.2) is 0 Å². The summed E-state index contributed by atoms with van der Waals surface area (Å²) in [6, 6.07) is 28.5. The molecule has 110 valence electrons. The van der Waals surface area contributed by atoms with Gasteiger partial charge >= 0.3 is 0 Å². The van der Waals surface area contributed by atoms with E-state index in [1.807, 2.05) is 0 Å². The summed E-state index contributed by atoms with van der Waals surface area (Å²) >= 11 is 0. The minimum absolute atomic E-state index is 0.673. The van der Waals surface area contributed by atoms with Gasteiger partial charge in [0.05, 0.1) is 0 Å². The average molecular weight is 294 g/mol. The van der Waals surface area contributed by atoms with Gasteiger partial charge in [-0.05, 0) is 51.6 Å². The van der Waals surface area contributed by atoms with Crippen LogP contribution >= 0.6 is 0 Å². The molecule has 0 spiro atoms. The molecule has 3 aromatic carbocycles. The van der Waals surface area contributed by atoms with E-state index in [1.54, 1.807) is 0 Å². The summed E-state index contributed by atoms with van der Waals surface area (Å²) < 4.78 is 0. The number of fused-ring (bicyclic) bond motifs is 3. The Balaban J connectivity index is 1.56. The third-order valence-electron chi connectivity index (χ3n) is 5.17. The number of benzene rings is 3. The van der Waals surface area contributed by atoms with Crippen LogP contribution in [0.1, 0.15) is 29.0 Å². The second-order valence-electron chi connectivity index (χ2n) is 6.59. The molecule has 0 unspecified atom stereocenters. The van der Waals surface area contributed by atoms with Gasteiger partial charge in [0.2, 0.25) is 0 Å². The summed E-state index contributed by atoms with van der Waals surface area (Å²) in [6.45, 7) is 0. The van der Waals surface area contributed by atoms with Crippen molar-refractivity contribution in [1.29, 1.82) is 0 Å². The average Bonchev–Trinajstić information content (AvgIpc) is 3.33. The van der Waals surface area contributed by atoms with Crippen LogP contribution in [0.4, 0.5) is 0 Å². The van der Waals surface area contributed by atoms with E-state index in [2.05, 4.69) is 84.9 Å². The Morgan fingerprint density at radius 3 is 1.74 bits per heavy atom. The van der Waals surface area contributed by atoms with Crippen LogP contribution < -0.4 is 0 Å². The van der Waals surface area contributed by atoms with E-state index in [9.17, 15) is 0 Å². The fraction of sp³-hybridized carbons (Fsp3) is 0.130. The Kier molecular flexibility index (Phi) is 2.78. The lowest BCUT2D eigenvalue weighted by atomic mass is 10.0. The standard InChI is InChI=1S/C23H18/c1-2-8-16(9-3-1)22-14-17(22)15-23-20-12-6-4-10-18(20)19-11-5-7-13-21(19)23/h1-13,15,17,22H,14H2/t17-,22-/m0/s1. The molecule has 3 aromatic rings. The summed E-state index contributed by atoms with van der Waals surface area (Å²) in [5.74, 6) is 1.37. The molecule has 1 fully saturated rings. The van der Waals surface area contributed by atoms with Gasteiger partial charge in [0.25, 0.3) is 0 Å². The zero-order valence-electron chi connectivity index (χ0n) is 12.9. The topological polar surface area (TPSA) is 0 Å². The summed E-state index contributed by atoms with van der Waals surface area (Å²) in [5, 5.41) is 0. The summed E-state index contributed by atoms with van der Waals surface area (Å²) in [7, 11) is 0. The van der Waals surface area contributed by atoms with E-state index < -0.39 is 0 Å². The minimum atomic E-state index is 0.673. The Morgan fingerprint density at radius 1 is 0.609 bits per heavy atom. The Labute approximate surface area is 137 Å². The van der Waals surface area contributed by atoms with E-state index in [1.165, 1.54) is 39.8 Å². The second kappa shape index (κ2) is 4.96. The summed E-state index contributed by atoms with van der Waals surface area (Å²) in [4.78, 5) is 0. The van der Waals surface area contributed by atoms with Crippen LogP contribution in [0.5, 0.6) is 0 Å². The van der Waals surface area contributed by atoms with Gasteiger partial charge in [0.15, 0.2) is 0 Å². The van der Waals surface area contributed by atoms with Crippen LogP contribution in [0.2, 0.25) is 0 Å². The first-order chi connectivity index (χ1) is 11.4. The van der Waals surface area contributed by atoms with Crippen molar-refractivity contribution in [2.45, 2.75) is 12.3 Å². The van der Waals surface area contributed by atoms with Crippen molar-refractivity contribution in [2.75, 3.05) is 0 Å². The normalized spacial score (nSPS) is 20.8. The molecule has 2 aliphatic carbocycles. The van der Waals surface area contributed by atoms with Crippen molar-refractivity contribution in [3.8, 4) is 11.1 Å². The SMILES string of the molecule is C(=C1c2ccccc2-c2ccccc21)[C@@H]1C[C@H]1c1ccccc1. The Bertz CT molecular complexity index is 855. The fourth-order valence-corrected chi connectivity index (χ4v) is 3.93. The predicted molar refractivity (Wildman–Crippen MR) is 96.2 cm³/mol. The Hall–Kier alpha value is -2.60. The second-order valence-corrected chi connectivity index (χ2v) is 6.59. The van der Waals surface area contributed by atoms with Crippen molar-refractivity contribution in [3.05, 3.63) is 102 Å². The van der Waals surface area contributed by atoms with Crippen LogP contribution in [0.3, 0.4) is 0 Å². The predicted octanol–water partition coefficient (Wildman–Crippen LogP) is 5.90. The van der Waals surface area contributed by atoms with E-state index in [0.29, 0.717) is 11.8 Å². The number of allylic oxidation sites excluding steroid dienone is 1. The Morgan fingerprint density at radius 2 is 1.13 bits per heavy atom. The van der Waals surface area contributed by atoms with Crippen molar-refractivity contribution < 1.29 is 0 Å². The third-order valence-corrected chi connectivity index (χ3v) is 5.17. The summed E-state index contributed by atoms with van der Waals surface area (Å²) in [5.41, 5.74) is 8.46. The molecule has 2 aliphatic rings. The largest absolute Gasteiger partial charge is 0.0723 e. The first-order valence-corrected chi connectivity index (χ1v) is 8.38. The summed E-state index contributed by atoms with van der Waals surface area (Å²) in [6.07, 6.45) is 3.79. The molecular formula is C23H18. The van der Waals surface area contributed by atoms with Crippen molar-refractivity contribution in [3.63, 3.8) is 0 Å². The lowest BCUT2D eigenvalue weighted by Gasteiger charge is -2.03. The maximum Gasteiger partial charge on any atom is -0.00926 e. The van der Waals surface area contributed by atoms with Crippen molar-refractivity contribution >= 4 is 5.57 Å². The van der Waals surface area contributed by atoms with E-state index in [4.69, 9.17) is 0 Å². The van der Waals surface area contributed by atoms with Gasteiger partial charge in [-0.15, -0.1) is 0 Å². The van der Waals surface area contributed by atoms with Gasteiger partial charge < -0.3 is 0 Å². The molecule has 23 heavy (non-hydrogen) atoms. The van der Waals surface area contributed by atoms with Gasteiger partial charge in [-0.1, -0.05) is 84.9 Å². The zero-order valence-corrected chi connectivity index (χ0v) is 12.9. The highest BCUT2D eigenvalue weighted by Gasteiger charge is 2.37. The van der Waals surface area contributed by atoms with Crippen LogP contribution in [0.25, 0.3) is 16.7 Å². The molecule has 0 N–H and O–H groups in total. The maximum atomic E-state index is 2.52.